The first kappa shape index (κ1) is 25.6. The van der Waals surface area contributed by atoms with E-state index < -0.39 is 54.1 Å². The van der Waals surface area contributed by atoms with E-state index in [9.17, 15) is 40.3 Å². The average molecular weight is 532 g/mol. The highest BCUT2D eigenvalue weighted by Gasteiger charge is 2.42. The minimum absolute atomic E-state index is 0.0243. The van der Waals surface area contributed by atoms with Crippen LogP contribution in [0.15, 0.2) is 41.8 Å². The second-order valence-electron chi connectivity index (χ2n) is 8.01. The number of aromatic nitrogens is 1. The molecular weight excluding hydrogens is 517 g/mol. The van der Waals surface area contributed by atoms with E-state index in [4.69, 9.17) is 4.74 Å². The zero-order valence-corrected chi connectivity index (χ0v) is 19.0. The molecule has 0 radical (unpaired) electrons. The summed E-state index contributed by atoms with van der Waals surface area (Å²) >= 11 is 1.01. The molecule has 1 aliphatic rings. The lowest BCUT2D eigenvalue weighted by atomic mass is 9.99. The predicted octanol–water partition coefficient (Wildman–Crippen LogP) is 6.88. The first-order valence-electron chi connectivity index (χ1n) is 10.2. The van der Waals surface area contributed by atoms with E-state index in [1.165, 1.54) is 12.3 Å². The molecule has 1 fully saturated rings. The summed E-state index contributed by atoms with van der Waals surface area (Å²) in [5, 5.41) is 1.65. The number of hydrogen-bond donors (Lipinski definition) is 0. The van der Waals surface area contributed by atoms with Gasteiger partial charge in [0.15, 0.2) is 6.29 Å². The minimum atomic E-state index is -4.84. The van der Waals surface area contributed by atoms with Gasteiger partial charge < -0.3 is 4.74 Å². The number of aldehydes is 1. The highest BCUT2D eigenvalue weighted by Crippen LogP contribution is 2.40. The predicted molar refractivity (Wildman–Crippen MR) is 114 cm³/mol. The minimum Gasteiger partial charge on any atom is -0.439 e. The number of cyclic esters (lactones) is 1. The molecule has 0 N–H and O–H groups in total. The van der Waals surface area contributed by atoms with Crippen LogP contribution < -0.4 is 0 Å². The summed E-state index contributed by atoms with van der Waals surface area (Å²) < 4.78 is 98.7. The Morgan fingerprint density at radius 1 is 1.06 bits per heavy atom. The molecule has 190 valence electrons. The summed E-state index contributed by atoms with van der Waals surface area (Å²) in [6, 6.07) is 3.64. The number of thiazole rings is 1. The SMILES string of the molecule is C[C@H]1[C@@H](c2cc(F)cc(C(F)(F)F)c2)OC(=O)N1Cc1cc(C(F)(F)F)ccc1-c1nc(C=O)cs1. The van der Waals surface area contributed by atoms with Gasteiger partial charge in [0.25, 0.3) is 0 Å². The van der Waals surface area contributed by atoms with Crippen molar-refractivity contribution in [2.75, 3.05) is 0 Å². The maximum absolute atomic E-state index is 13.9. The number of halogens is 7. The number of rotatable bonds is 5. The number of carbonyl (C=O) groups is 2. The van der Waals surface area contributed by atoms with Gasteiger partial charge in [-0.3, -0.25) is 9.69 Å². The van der Waals surface area contributed by atoms with Crippen molar-refractivity contribution in [1.29, 1.82) is 0 Å². The molecule has 0 spiro atoms. The number of hydrogen-bond acceptors (Lipinski definition) is 5. The van der Waals surface area contributed by atoms with Gasteiger partial charge in [0.2, 0.25) is 0 Å². The first-order chi connectivity index (χ1) is 16.8. The van der Waals surface area contributed by atoms with Crippen molar-refractivity contribution < 1.29 is 45.1 Å². The molecule has 36 heavy (non-hydrogen) atoms. The largest absolute Gasteiger partial charge is 0.439 e. The smallest absolute Gasteiger partial charge is 0.416 e. The second-order valence-corrected chi connectivity index (χ2v) is 8.87. The van der Waals surface area contributed by atoms with Crippen molar-refractivity contribution in [3.8, 4) is 10.6 Å². The molecule has 2 aromatic carbocycles. The number of ether oxygens (including phenoxy) is 1. The Morgan fingerprint density at radius 3 is 2.36 bits per heavy atom. The van der Waals surface area contributed by atoms with E-state index >= 15 is 0 Å². The van der Waals surface area contributed by atoms with Gasteiger partial charge in [0.05, 0.1) is 23.7 Å². The Kier molecular flexibility index (Phi) is 6.54. The van der Waals surface area contributed by atoms with E-state index in [1.54, 1.807) is 0 Å². The highest BCUT2D eigenvalue weighted by molar-refractivity contribution is 7.13. The number of benzene rings is 2. The Hall–Kier alpha value is -3.48. The van der Waals surface area contributed by atoms with Gasteiger partial charge in [-0.25, -0.2) is 14.2 Å². The van der Waals surface area contributed by atoms with Crippen LogP contribution >= 0.6 is 11.3 Å². The topological polar surface area (TPSA) is 59.5 Å². The third kappa shape index (κ3) is 5.06. The van der Waals surface area contributed by atoms with Crippen LogP contribution in [0.5, 0.6) is 0 Å². The van der Waals surface area contributed by atoms with E-state index in [2.05, 4.69) is 4.98 Å². The first-order valence-corrected chi connectivity index (χ1v) is 11.1. The fourth-order valence-corrected chi connectivity index (χ4v) is 4.68. The lowest BCUT2D eigenvalue weighted by Crippen LogP contribution is -2.31. The lowest BCUT2D eigenvalue weighted by molar-refractivity contribution is -0.138. The molecule has 2 atom stereocenters. The molecule has 0 bridgehead atoms. The van der Waals surface area contributed by atoms with Gasteiger partial charge in [0.1, 0.15) is 22.6 Å². The van der Waals surface area contributed by atoms with Crippen LogP contribution in [0.1, 0.15) is 45.8 Å². The van der Waals surface area contributed by atoms with Crippen LogP contribution in [-0.4, -0.2) is 28.3 Å². The standard InChI is InChI=1S/C23H15F7N2O3S/c1-11-19(12-4-15(23(28,29)30)7-16(24)6-12)35-21(34)32(11)8-13-5-14(22(25,26)27)2-3-18(13)20-31-17(9-33)10-36-20/h2-7,9-11,19H,8H2,1H3/t11-,19-/m0/s1. The zero-order chi connectivity index (χ0) is 26.4. The third-order valence-electron chi connectivity index (χ3n) is 5.61. The summed E-state index contributed by atoms with van der Waals surface area (Å²) in [5.74, 6) is -1.18. The van der Waals surface area contributed by atoms with Crippen LogP contribution in [0.3, 0.4) is 0 Å². The fourth-order valence-electron chi connectivity index (χ4n) is 3.86. The van der Waals surface area contributed by atoms with Crippen molar-refractivity contribution in [2.45, 2.75) is 38.0 Å². The van der Waals surface area contributed by atoms with Gasteiger partial charge in [-0.2, -0.15) is 26.3 Å². The van der Waals surface area contributed by atoms with Crippen LogP contribution in [-0.2, 0) is 23.6 Å². The quantitative estimate of drug-likeness (QED) is 0.266. The van der Waals surface area contributed by atoms with Gasteiger partial charge >= 0.3 is 18.4 Å². The molecule has 1 saturated heterocycles. The zero-order valence-electron chi connectivity index (χ0n) is 18.2. The van der Waals surface area contributed by atoms with E-state index in [-0.39, 0.29) is 27.4 Å². The maximum atomic E-state index is 13.9. The maximum Gasteiger partial charge on any atom is 0.416 e. The molecular formula is C23H15F7N2O3S. The van der Waals surface area contributed by atoms with Gasteiger partial charge in [-0.05, 0) is 48.4 Å². The van der Waals surface area contributed by atoms with E-state index in [1.807, 2.05) is 0 Å². The van der Waals surface area contributed by atoms with Gasteiger partial charge in [0, 0.05) is 10.9 Å². The summed E-state index contributed by atoms with van der Waals surface area (Å²) in [6.07, 6.45) is -11.4. The molecule has 2 heterocycles. The van der Waals surface area contributed by atoms with Crippen LogP contribution in [0.25, 0.3) is 10.6 Å². The molecule has 1 amide bonds. The summed E-state index contributed by atoms with van der Waals surface area (Å²) in [4.78, 5) is 28.7. The highest BCUT2D eigenvalue weighted by atomic mass is 32.1. The van der Waals surface area contributed by atoms with Crippen molar-refractivity contribution in [3.63, 3.8) is 0 Å². The number of carbonyl (C=O) groups excluding carboxylic acids is 2. The van der Waals surface area contributed by atoms with Crippen molar-refractivity contribution in [1.82, 2.24) is 9.88 Å². The summed E-state index contributed by atoms with van der Waals surface area (Å²) in [7, 11) is 0. The molecule has 0 aliphatic carbocycles. The second kappa shape index (κ2) is 9.19. The van der Waals surface area contributed by atoms with E-state index in [0.29, 0.717) is 18.4 Å². The molecule has 13 heteroatoms. The number of amides is 1. The Bertz CT molecular complexity index is 1320. The average Bonchev–Trinajstić information content (AvgIpc) is 3.37. The third-order valence-corrected chi connectivity index (χ3v) is 6.51. The van der Waals surface area contributed by atoms with Crippen LogP contribution in [0.2, 0.25) is 0 Å². The molecule has 5 nitrogen and oxygen atoms in total. The number of alkyl halides is 6. The van der Waals surface area contributed by atoms with Crippen LogP contribution in [0, 0.1) is 5.82 Å². The molecule has 3 aromatic rings. The monoisotopic (exact) mass is 532 g/mol. The summed E-state index contributed by atoms with van der Waals surface area (Å²) in [6.45, 7) is 1.02. The number of nitrogens with zero attached hydrogens (tertiary/aromatic N) is 2. The van der Waals surface area contributed by atoms with Crippen molar-refractivity contribution in [3.05, 3.63) is 75.5 Å². The van der Waals surface area contributed by atoms with E-state index in [0.717, 1.165) is 40.5 Å². The van der Waals surface area contributed by atoms with Crippen molar-refractivity contribution >= 4 is 23.7 Å². The van der Waals surface area contributed by atoms with Crippen molar-refractivity contribution in [2.24, 2.45) is 0 Å². The Labute approximate surface area is 203 Å². The summed E-state index contributed by atoms with van der Waals surface area (Å²) in [5.41, 5.74) is -2.18. The molecule has 0 saturated carbocycles. The Balaban J connectivity index is 1.70. The molecule has 1 aromatic heterocycles. The van der Waals surface area contributed by atoms with Gasteiger partial charge in [-0.15, -0.1) is 11.3 Å². The molecule has 0 unspecified atom stereocenters. The van der Waals surface area contributed by atoms with Gasteiger partial charge in [-0.1, -0.05) is 6.07 Å². The fraction of sp³-hybridized carbons (Fsp3) is 0.261. The Morgan fingerprint density at radius 2 is 1.75 bits per heavy atom. The van der Waals surface area contributed by atoms with Crippen LogP contribution in [0.4, 0.5) is 35.5 Å². The lowest BCUT2D eigenvalue weighted by Gasteiger charge is -2.23. The molecule has 4 rings (SSSR count). The molecule has 1 aliphatic heterocycles. The normalized spacial score (nSPS) is 18.4.